The van der Waals surface area contributed by atoms with Crippen LogP contribution in [0.4, 0.5) is 5.69 Å². The van der Waals surface area contributed by atoms with E-state index >= 15 is 0 Å². The maximum atomic E-state index is 5.91. The van der Waals surface area contributed by atoms with Crippen LogP contribution < -0.4 is 5.32 Å². The van der Waals surface area contributed by atoms with Gasteiger partial charge in [0.15, 0.2) is 0 Å². The summed E-state index contributed by atoms with van der Waals surface area (Å²) < 4.78 is 5.91. The summed E-state index contributed by atoms with van der Waals surface area (Å²) in [7, 11) is 0. The van der Waals surface area contributed by atoms with Crippen LogP contribution in [0.5, 0.6) is 0 Å². The Labute approximate surface area is 104 Å². The van der Waals surface area contributed by atoms with E-state index in [4.69, 9.17) is 4.74 Å². The van der Waals surface area contributed by atoms with Gasteiger partial charge >= 0.3 is 0 Å². The van der Waals surface area contributed by atoms with Crippen LogP contribution in [0.1, 0.15) is 45.6 Å². The predicted molar refractivity (Wildman–Crippen MR) is 72.2 cm³/mol. The zero-order valence-corrected chi connectivity index (χ0v) is 11.1. The highest BCUT2D eigenvalue weighted by atomic mass is 16.5. The molecule has 0 atom stereocenters. The molecule has 1 aromatic rings. The fourth-order valence-corrected chi connectivity index (χ4v) is 1.60. The van der Waals surface area contributed by atoms with Gasteiger partial charge in [0.05, 0.1) is 12.2 Å². The minimum absolute atomic E-state index is 0.0279. The molecular formula is C15H23NO. The van der Waals surface area contributed by atoms with Crippen molar-refractivity contribution in [3.63, 3.8) is 0 Å². The van der Waals surface area contributed by atoms with Crippen molar-refractivity contribution in [1.29, 1.82) is 0 Å². The van der Waals surface area contributed by atoms with Crippen LogP contribution in [0.2, 0.25) is 0 Å². The van der Waals surface area contributed by atoms with Gasteiger partial charge in [-0.25, -0.2) is 0 Å². The van der Waals surface area contributed by atoms with E-state index in [2.05, 4.69) is 50.4 Å². The molecule has 94 valence electrons. The summed E-state index contributed by atoms with van der Waals surface area (Å²) in [5.41, 5.74) is 2.44. The SMILES string of the molecule is CCC(C)(C)OCc1cccc(NC2CC2)c1. The summed E-state index contributed by atoms with van der Waals surface area (Å²) in [6.45, 7) is 7.13. The van der Waals surface area contributed by atoms with Crippen molar-refractivity contribution in [2.24, 2.45) is 0 Å². The molecule has 1 aliphatic rings. The van der Waals surface area contributed by atoms with Gasteiger partial charge in [-0.1, -0.05) is 19.1 Å². The maximum Gasteiger partial charge on any atom is 0.0724 e. The van der Waals surface area contributed by atoms with E-state index in [-0.39, 0.29) is 5.60 Å². The zero-order chi connectivity index (χ0) is 12.3. The molecule has 0 heterocycles. The third kappa shape index (κ3) is 4.04. The van der Waals surface area contributed by atoms with E-state index in [1.54, 1.807) is 0 Å². The molecule has 0 amide bonds. The molecule has 0 unspecified atom stereocenters. The number of hydrogen-bond acceptors (Lipinski definition) is 2. The summed E-state index contributed by atoms with van der Waals surface area (Å²) in [6, 6.07) is 9.27. The molecule has 1 fully saturated rings. The summed E-state index contributed by atoms with van der Waals surface area (Å²) in [6.07, 6.45) is 3.65. The molecule has 0 spiro atoms. The molecule has 2 rings (SSSR count). The Hall–Kier alpha value is -1.02. The number of anilines is 1. The van der Waals surface area contributed by atoms with Gasteiger partial charge in [-0.3, -0.25) is 0 Å². The molecule has 17 heavy (non-hydrogen) atoms. The number of ether oxygens (including phenoxy) is 1. The molecule has 1 aromatic carbocycles. The predicted octanol–water partition coefficient (Wildman–Crippen LogP) is 3.97. The molecule has 0 aliphatic heterocycles. The third-order valence-corrected chi connectivity index (χ3v) is 3.36. The average Bonchev–Trinajstić information content (AvgIpc) is 3.11. The van der Waals surface area contributed by atoms with Crippen molar-refractivity contribution in [2.75, 3.05) is 5.32 Å². The zero-order valence-electron chi connectivity index (χ0n) is 11.1. The molecule has 1 aliphatic carbocycles. The van der Waals surface area contributed by atoms with E-state index in [1.807, 2.05) is 0 Å². The fraction of sp³-hybridized carbons (Fsp3) is 0.600. The normalized spacial score (nSPS) is 15.9. The van der Waals surface area contributed by atoms with Crippen LogP contribution >= 0.6 is 0 Å². The van der Waals surface area contributed by atoms with E-state index < -0.39 is 0 Å². The van der Waals surface area contributed by atoms with Crippen LogP contribution in [-0.4, -0.2) is 11.6 Å². The maximum absolute atomic E-state index is 5.91. The first-order chi connectivity index (χ1) is 8.09. The van der Waals surface area contributed by atoms with Crippen molar-refractivity contribution >= 4 is 5.69 Å². The summed E-state index contributed by atoms with van der Waals surface area (Å²) >= 11 is 0. The number of benzene rings is 1. The molecule has 0 aromatic heterocycles. The topological polar surface area (TPSA) is 21.3 Å². The minimum Gasteiger partial charge on any atom is -0.382 e. The third-order valence-electron chi connectivity index (χ3n) is 3.36. The Morgan fingerprint density at radius 2 is 2.12 bits per heavy atom. The van der Waals surface area contributed by atoms with Crippen molar-refractivity contribution in [3.8, 4) is 0 Å². The number of hydrogen-bond donors (Lipinski definition) is 1. The molecular weight excluding hydrogens is 210 g/mol. The van der Waals surface area contributed by atoms with Gasteiger partial charge in [-0.15, -0.1) is 0 Å². The standard InChI is InChI=1S/C15H23NO/c1-4-15(2,3)17-11-12-6-5-7-14(10-12)16-13-8-9-13/h5-7,10,13,16H,4,8-9,11H2,1-3H3. The molecule has 2 nitrogen and oxygen atoms in total. The van der Waals surface area contributed by atoms with Crippen molar-refractivity contribution in [1.82, 2.24) is 0 Å². The Morgan fingerprint density at radius 3 is 2.76 bits per heavy atom. The summed E-state index contributed by atoms with van der Waals surface area (Å²) in [5, 5.41) is 3.51. The summed E-state index contributed by atoms with van der Waals surface area (Å²) in [5.74, 6) is 0. The summed E-state index contributed by atoms with van der Waals surface area (Å²) in [4.78, 5) is 0. The van der Waals surface area contributed by atoms with Gasteiger partial charge in [-0.05, 0) is 50.8 Å². The van der Waals surface area contributed by atoms with Crippen LogP contribution in [0, 0.1) is 0 Å². The molecule has 2 heteroatoms. The number of rotatable bonds is 6. The van der Waals surface area contributed by atoms with Gasteiger partial charge in [0, 0.05) is 11.7 Å². The first-order valence-electron chi connectivity index (χ1n) is 6.58. The fourth-order valence-electron chi connectivity index (χ4n) is 1.60. The molecule has 0 saturated heterocycles. The Bertz CT molecular complexity index is 369. The Morgan fingerprint density at radius 1 is 1.35 bits per heavy atom. The highest BCUT2D eigenvalue weighted by Crippen LogP contribution is 2.25. The molecule has 0 bridgehead atoms. The average molecular weight is 233 g/mol. The van der Waals surface area contributed by atoms with Crippen LogP contribution in [0.15, 0.2) is 24.3 Å². The largest absolute Gasteiger partial charge is 0.382 e. The molecule has 0 radical (unpaired) electrons. The van der Waals surface area contributed by atoms with Gasteiger partial charge < -0.3 is 10.1 Å². The lowest BCUT2D eigenvalue weighted by molar-refractivity contribution is -0.0316. The minimum atomic E-state index is -0.0279. The van der Waals surface area contributed by atoms with E-state index in [9.17, 15) is 0 Å². The monoisotopic (exact) mass is 233 g/mol. The van der Waals surface area contributed by atoms with Gasteiger partial charge in [0.1, 0.15) is 0 Å². The highest BCUT2D eigenvalue weighted by Gasteiger charge is 2.20. The second kappa shape index (κ2) is 5.09. The van der Waals surface area contributed by atoms with E-state index in [0.29, 0.717) is 12.6 Å². The van der Waals surface area contributed by atoms with Crippen molar-refractivity contribution < 1.29 is 4.74 Å². The van der Waals surface area contributed by atoms with Gasteiger partial charge in [0.25, 0.3) is 0 Å². The Kier molecular flexibility index (Phi) is 3.72. The first-order valence-corrected chi connectivity index (χ1v) is 6.58. The number of nitrogens with one attached hydrogen (secondary N) is 1. The molecule has 1 saturated carbocycles. The van der Waals surface area contributed by atoms with E-state index in [1.165, 1.54) is 24.1 Å². The first kappa shape index (κ1) is 12.4. The van der Waals surface area contributed by atoms with Crippen molar-refractivity contribution in [3.05, 3.63) is 29.8 Å². The van der Waals surface area contributed by atoms with Gasteiger partial charge in [-0.2, -0.15) is 0 Å². The van der Waals surface area contributed by atoms with E-state index in [0.717, 1.165) is 6.42 Å². The quantitative estimate of drug-likeness (QED) is 0.803. The highest BCUT2D eigenvalue weighted by molar-refractivity contribution is 5.47. The smallest absolute Gasteiger partial charge is 0.0724 e. The van der Waals surface area contributed by atoms with Gasteiger partial charge in [0.2, 0.25) is 0 Å². The van der Waals surface area contributed by atoms with Crippen LogP contribution in [-0.2, 0) is 11.3 Å². The van der Waals surface area contributed by atoms with Crippen LogP contribution in [0.3, 0.4) is 0 Å². The molecule has 1 N–H and O–H groups in total. The second-order valence-electron chi connectivity index (χ2n) is 5.52. The Balaban J connectivity index is 1.91. The van der Waals surface area contributed by atoms with Crippen LogP contribution in [0.25, 0.3) is 0 Å². The lowest BCUT2D eigenvalue weighted by Gasteiger charge is -2.23. The lowest BCUT2D eigenvalue weighted by Crippen LogP contribution is -2.22. The second-order valence-corrected chi connectivity index (χ2v) is 5.52. The lowest BCUT2D eigenvalue weighted by atomic mass is 10.1. The van der Waals surface area contributed by atoms with Crippen molar-refractivity contribution in [2.45, 2.75) is 58.3 Å².